The average Bonchev–Trinajstić information content (AvgIpc) is 2.78. The first-order chi connectivity index (χ1) is 9.34. The van der Waals surface area contributed by atoms with Crippen molar-refractivity contribution in [3.05, 3.63) is 50.4 Å². The summed E-state index contributed by atoms with van der Waals surface area (Å²) in [5.74, 6) is 2.87. The van der Waals surface area contributed by atoms with Gasteiger partial charge in [0.2, 0.25) is 0 Å². The number of rotatable bonds is 0. The molecule has 4 aliphatic carbocycles. The van der Waals surface area contributed by atoms with Crippen molar-refractivity contribution >= 4 is 0 Å². The smallest absolute Gasteiger partial charge is 0.672 e. The van der Waals surface area contributed by atoms with Gasteiger partial charge in [0.15, 0.2) is 0 Å². The second kappa shape index (κ2) is 8.41. The van der Waals surface area contributed by atoms with Crippen LogP contribution in [-0.2, 0) is 27.1 Å². The zero-order chi connectivity index (χ0) is 14.4. The summed E-state index contributed by atoms with van der Waals surface area (Å²) in [5, 5.41) is 0. The van der Waals surface area contributed by atoms with Crippen LogP contribution in [-0.4, -0.2) is 5.54 Å². The molecule has 1 aromatic carbocycles. The number of hydrogen-bond donors (Lipinski definition) is 0. The minimum atomic E-state index is 0. The summed E-state index contributed by atoms with van der Waals surface area (Å²) < 4.78 is 0. The van der Waals surface area contributed by atoms with E-state index in [1.807, 2.05) is 0 Å². The number of hydrogen-bond acceptors (Lipinski definition) is 0. The summed E-state index contributed by atoms with van der Waals surface area (Å²) >= 11 is 0. The van der Waals surface area contributed by atoms with E-state index >= 15 is 0 Å². The third-order valence-electron chi connectivity index (χ3n) is 5.57. The molecular formula is C21H35NTi. The summed E-state index contributed by atoms with van der Waals surface area (Å²) in [7, 11) is 0. The molecule has 5 rings (SSSR count). The Morgan fingerprint density at radius 2 is 1.43 bits per heavy atom. The van der Waals surface area contributed by atoms with Crippen LogP contribution < -0.4 is 0 Å². The van der Waals surface area contributed by atoms with E-state index in [0.29, 0.717) is 5.41 Å². The molecule has 4 saturated carbocycles. The van der Waals surface area contributed by atoms with E-state index in [9.17, 15) is 0 Å². The van der Waals surface area contributed by atoms with E-state index in [1.165, 1.54) is 44.1 Å². The van der Waals surface area contributed by atoms with Crippen molar-refractivity contribution < 1.29 is 21.7 Å². The van der Waals surface area contributed by atoms with E-state index < -0.39 is 0 Å². The molecule has 1 nitrogen and oxygen atoms in total. The van der Waals surface area contributed by atoms with Crippen LogP contribution in [0.15, 0.2) is 24.3 Å². The molecule has 128 valence electrons. The van der Waals surface area contributed by atoms with Crippen LogP contribution in [0.4, 0.5) is 0 Å². The molecule has 4 bridgehead atoms. The molecule has 2 heteroatoms. The van der Waals surface area contributed by atoms with Gasteiger partial charge in [-0.05, 0) is 37.0 Å². The molecule has 0 heterocycles. The van der Waals surface area contributed by atoms with Gasteiger partial charge in [-0.3, -0.25) is 0 Å². The molecule has 0 spiro atoms. The topological polar surface area (TPSA) is 23.8 Å². The van der Waals surface area contributed by atoms with Gasteiger partial charge in [-0.1, -0.05) is 45.4 Å². The quantitative estimate of drug-likeness (QED) is 0.372. The average molecular weight is 349 g/mol. The monoisotopic (exact) mass is 349 g/mol. The Balaban J connectivity index is 0.000000380. The van der Waals surface area contributed by atoms with Crippen molar-refractivity contribution in [1.29, 1.82) is 0 Å². The molecule has 1 aromatic rings. The van der Waals surface area contributed by atoms with Gasteiger partial charge in [-0.25, -0.2) is 6.07 Å². The van der Waals surface area contributed by atoms with Gasteiger partial charge >= 0.3 is 21.7 Å². The van der Waals surface area contributed by atoms with Crippen LogP contribution in [0.2, 0.25) is 0 Å². The third-order valence-corrected chi connectivity index (χ3v) is 5.57. The minimum absolute atomic E-state index is 0. The summed E-state index contributed by atoms with van der Waals surface area (Å²) in [6, 6.07) is 8.50. The molecule has 4 aliphatic rings. The first-order valence-electron chi connectivity index (χ1n) is 8.31. The number of nitrogens with one attached hydrogen (secondary N) is 1. The Morgan fingerprint density at radius 1 is 1.00 bits per heavy atom. The molecule has 0 saturated heterocycles. The maximum absolute atomic E-state index is 8.21. The van der Waals surface area contributed by atoms with Gasteiger partial charge in [0.25, 0.3) is 0 Å². The van der Waals surface area contributed by atoms with Gasteiger partial charge in [0, 0.05) is 0 Å². The van der Waals surface area contributed by atoms with Crippen molar-refractivity contribution in [2.45, 2.75) is 70.3 Å². The predicted octanol–water partition coefficient (Wildman–Crippen LogP) is 6.61. The van der Waals surface area contributed by atoms with Crippen molar-refractivity contribution in [2.75, 3.05) is 0 Å². The second-order valence-electron chi connectivity index (χ2n) is 8.62. The van der Waals surface area contributed by atoms with Gasteiger partial charge in [-0.15, -0.1) is 5.54 Å². The zero-order valence-electron chi connectivity index (χ0n) is 15.8. The molecule has 0 amide bonds. The minimum Gasteiger partial charge on any atom is -0.672 e. The van der Waals surface area contributed by atoms with Crippen molar-refractivity contribution in [2.24, 2.45) is 17.8 Å². The molecular weight excluding hydrogens is 314 g/mol. The van der Waals surface area contributed by atoms with Crippen LogP contribution in [0.1, 0.15) is 64.9 Å². The Bertz CT molecular complexity index is 406. The van der Waals surface area contributed by atoms with E-state index in [-0.39, 0.29) is 42.1 Å². The Hall–Kier alpha value is 0.0243. The van der Waals surface area contributed by atoms with Crippen molar-refractivity contribution in [3.63, 3.8) is 0 Å². The van der Waals surface area contributed by atoms with Gasteiger partial charge in [-0.2, -0.15) is 23.8 Å². The van der Waals surface area contributed by atoms with E-state index in [1.54, 1.807) is 0 Å². The normalized spacial score (nSPS) is 33.5. The Morgan fingerprint density at radius 3 is 1.65 bits per heavy atom. The third kappa shape index (κ3) is 5.51. The van der Waals surface area contributed by atoms with Crippen LogP contribution in [0.25, 0.3) is 5.73 Å². The Labute approximate surface area is 160 Å². The zero-order valence-corrected chi connectivity index (χ0v) is 17.3. The van der Waals surface area contributed by atoms with Gasteiger partial charge in [0.1, 0.15) is 0 Å². The van der Waals surface area contributed by atoms with Gasteiger partial charge in [0.05, 0.1) is 0 Å². The molecule has 0 aliphatic heterocycles. The maximum Gasteiger partial charge on any atom is 4.00 e. The first-order valence-corrected chi connectivity index (χ1v) is 8.31. The van der Waals surface area contributed by atoms with E-state index in [2.05, 4.69) is 45.0 Å². The first kappa shape index (κ1) is 23.0. The molecule has 1 N–H and O–H groups in total. The molecule has 4 fully saturated rings. The maximum atomic E-state index is 8.21. The van der Waals surface area contributed by atoms with Crippen molar-refractivity contribution in [1.82, 2.24) is 0 Å². The summed E-state index contributed by atoms with van der Waals surface area (Å²) in [5.41, 5.74) is 10.0. The van der Waals surface area contributed by atoms with Gasteiger partial charge < -0.3 is 20.6 Å². The Kier molecular flexibility index (Phi) is 8.42. The largest absolute Gasteiger partial charge is 4.00 e. The summed E-state index contributed by atoms with van der Waals surface area (Å²) in [6.45, 7) is 6.67. The molecule has 0 radical (unpaired) electrons. The van der Waals surface area contributed by atoms with Crippen LogP contribution >= 0.6 is 0 Å². The molecule has 0 unspecified atom stereocenters. The molecule has 0 aromatic heterocycles. The summed E-state index contributed by atoms with van der Waals surface area (Å²) in [6.07, 6.45) is 8.12. The fourth-order valence-corrected chi connectivity index (χ4v) is 4.98. The predicted molar refractivity (Wildman–Crippen MR) is 98.8 cm³/mol. The fraction of sp³-hybridized carbons (Fsp3) is 0.667. The van der Waals surface area contributed by atoms with Crippen LogP contribution in [0, 0.1) is 32.6 Å². The van der Waals surface area contributed by atoms with Crippen molar-refractivity contribution in [3.8, 4) is 0 Å². The SMILES string of the molecule is CC(C)(C)c1cc[cH-]c1.[CH3-].[CH3-].[NH-]C12CC3CC(CC(C3)C1)C2.[Ti+4]. The molecule has 23 heavy (non-hydrogen) atoms. The van der Waals surface area contributed by atoms with E-state index in [0.717, 1.165) is 17.8 Å². The van der Waals surface area contributed by atoms with Crippen LogP contribution in [0.5, 0.6) is 0 Å². The summed E-state index contributed by atoms with van der Waals surface area (Å²) in [4.78, 5) is 0. The second-order valence-corrected chi connectivity index (χ2v) is 8.62. The standard InChI is InChI=1S/C10H16N.C9H13.2CH3.Ti/c11-10-4-7-1-8(5-10)3-9(2-7)6-10;1-9(2,3)8-6-4-5-7-8;;;/h7-9,11H,1-6H2;4-7H,1-3H3;2*1H3;/q4*-1;+4. The van der Waals surface area contributed by atoms with E-state index in [4.69, 9.17) is 5.73 Å². The van der Waals surface area contributed by atoms with Crippen LogP contribution in [0.3, 0.4) is 0 Å². The molecule has 0 atom stereocenters. The fourth-order valence-electron chi connectivity index (χ4n) is 4.98.